The van der Waals surface area contributed by atoms with Crippen molar-refractivity contribution in [2.45, 2.75) is 57.3 Å². The number of hydrogen-bond acceptors (Lipinski definition) is 7. The maximum atomic E-state index is 12.8. The van der Waals surface area contributed by atoms with Crippen molar-refractivity contribution >= 4 is 23.9 Å². The van der Waals surface area contributed by atoms with Gasteiger partial charge in [0.1, 0.15) is 11.4 Å². The number of ether oxygens (including phenoxy) is 3. The van der Waals surface area contributed by atoms with Gasteiger partial charge < -0.3 is 19.1 Å². The molecule has 0 saturated carbocycles. The van der Waals surface area contributed by atoms with E-state index in [1.807, 2.05) is 0 Å². The molecule has 1 N–H and O–H groups in total. The van der Waals surface area contributed by atoms with Crippen LogP contribution in [0.2, 0.25) is 0 Å². The SMILES string of the molecule is CCOC(=O)N1CCC2(CC1)CC(=O)c1ccc(/C=C/C(=O)NOC3CCCCO3)cc1O2. The van der Waals surface area contributed by atoms with Gasteiger partial charge in [0.25, 0.3) is 5.91 Å². The average Bonchev–Trinajstić information content (AvgIpc) is 2.82. The summed E-state index contributed by atoms with van der Waals surface area (Å²) in [6, 6.07) is 5.26. The fourth-order valence-corrected chi connectivity index (χ4v) is 4.34. The third kappa shape index (κ3) is 5.72. The van der Waals surface area contributed by atoms with E-state index in [1.165, 1.54) is 6.08 Å². The Morgan fingerprint density at radius 2 is 2.09 bits per heavy atom. The second-order valence-corrected chi connectivity index (χ2v) is 8.54. The lowest BCUT2D eigenvalue weighted by Gasteiger charge is -2.43. The van der Waals surface area contributed by atoms with Crippen LogP contribution in [0.1, 0.15) is 61.4 Å². The molecule has 1 atom stereocenters. The topological polar surface area (TPSA) is 103 Å². The quantitative estimate of drug-likeness (QED) is 0.534. The molecule has 0 bridgehead atoms. The minimum absolute atomic E-state index is 0.0231. The summed E-state index contributed by atoms with van der Waals surface area (Å²) in [5, 5.41) is 0. The number of piperidine rings is 1. The largest absolute Gasteiger partial charge is 0.486 e. The van der Waals surface area contributed by atoms with Crippen molar-refractivity contribution in [2.75, 3.05) is 26.3 Å². The summed E-state index contributed by atoms with van der Waals surface area (Å²) in [4.78, 5) is 43.8. The molecule has 4 rings (SSSR count). The maximum absolute atomic E-state index is 12.8. The molecule has 0 radical (unpaired) electrons. The Balaban J connectivity index is 1.36. The lowest BCUT2D eigenvalue weighted by atomic mass is 9.82. The van der Waals surface area contributed by atoms with E-state index >= 15 is 0 Å². The first kappa shape index (κ1) is 23.3. The second kappa shape index (κ2) is 10.4. The van der Waals surface area contributed by atoms with Crippen LogP contribution in [0, 0.1) is 0 Å². The van der Waals surface area contributed by atoms with Crippen LogP contribution in [0.15, 0.2) is 24.3 Å². The Bertz CT molecular complexity index is 915. The van der Waals surface area contributed by atoms with Gasteiger partial charge in [-0.2, -0.15) is 0 Å². The summed E-state index contributed by atoms with van der Waals surface area (Å²) in [6.07, 6.45) is 6.41. The summed E-state index contributed by atoms with van der Waals surface area (Å²) in [5.41, 5.74) is 3.02. The van der Waals surface area contributed by atoms with E-state index in [-0.39, 0.29) is 18.3 Å². The van der Waals surface area contributed by atoms with E-state index in [1.54, 1.807) is 36.1 Å². The zero-order chi connectivity index (χ0) is 23.3. The van der Waals surface area contributed by atoms with Gasteiger partial charge in [-0.1, -0.05) is 6.07 Å². The van der Waals surface area contributed by atoms with Crippen molar-refractivity contribution in [1.29, 1.82) is 0 Å². The maximum Gasteiger partial charge on any atom is 0.409 e. The van der Waals surface area contributed by atoms with Crippen molar-refractivity contribution in [2.24, 2.45) is 0 Å². The van der Waals surface area contributed by atoms with Crippen LogP contribution in [0.25, 0.3) is 6.08 Å². The zero-order valence-electron chi connectivity index (χ0n) is 18.8. The first-order valence-corrected chi connectivity index (χ1v) is 11.5. The molecule has 9 heteroatoms. The third-order valence-electron chi connectivity index (χ3n) is 6.17. The van der Waals surface area contributed by atoms with Gasteiger partial charge in [0.2, 0.25) is 0 Å². The number of nitrogens with zero attached hydrogens (tertiary/aromatic N) is 1. The van der Waals surface area contributed by atoms with Crippen LogP contribution < -0.4 is 10.2 Å². The number of fused-ring (bicyclic) bond motifs is 1. The van der Waals surface area contributed by atoms with Crippen molar-refractivity contribution in [1.82, 2.24) is 10.4 Å². The number of hydroxylamine groups is 1. The van der Waals surface area contributed by atoms with Gasteiger partial charge in [-0.05, 0) is 43.5 Å². The molecule has 0 aromatic heterocycles. The Kier molecular flexibility index (Phi) is 7.29. The Morgan fingerprint density at radius 1 is 1.27 bits per heavy atom. The van der Waals surface area contributed by atoms with Crippen LogP contribution in [0.3, 0.4) is 0 Å². The number of benzene rings is 1. The Hall–Kier alpha value is -2.91. The molecule has 3 aliphatic rings. The summed E-state index contributed by atoms with van der Waals surface area (Å²) < 4.78 is 16.8. The highest BCUT2D eigenvalue weighted by Gasteiger charge is 2.43. The fourth-order valence-electron chi connectivity index (χ4n) is 4.34. The van der Waals surface area contributed by atoms with Gasteiger partial charge >= 0.3 is 6.09 Å². The van der Waals surface area contributed by atoms with Crippen LogP contribution in [0.5, 0.6) is 5.75 Å². The molecule has 178 valence electrons. The van der Waals surface area contributed by atoms with Crippen LogP contribution in [0.4, 0.5) is 4.79 Å². The average molecular weight is 459 g/mol. The van der Waals surface area contributed by atoms with Crippen molar-refractivity contribution < 1.29 is 33.4 Å². The monoisotopic (exact) mass is 458 g/mol. The first-order valence-electron chi connectivity index (χ1n) is 11.5. The summed E-state index contributed by atoms with van der Waals surface area (Å²) in [7, 11) is 0. The Morgan fingerprint density at radius 3 is 2.82 bits per heavy atom. The Labute approximate surface area is 192 Å². The van der Waals surface area contributed by atoms with Crippen molar-refractivity contribution in [3.05, 3.63) is 35.4 Å². The molecule has 3 heterocycles. The molecule has 1 aromatic carbocycles. The van der Waals surface area contributed by atoms with Gasteiger partial charge in [0.05, 0.1) is 18.6 Å². The van der Waals surface area contributed by atoms with Crippen LogP contribution >= 0.6 is 0 Å². The second-order valence-electron chi connectivity index (χ2n) is 8.54. The van der Waals surface area contributed by atoms with Gasteiger partial charge in [-0.15, -0.1) is 0 Å². The number of rotatable bonds is 5. The predicted octanol–water partition coefficient (Wildman–Crippen LogP) is 3.23. The van der Waals surface area contributed by atoms with E-state index in [2.05, 4.69) is 5.48 Å². The molecular formula is C24H30N2O7. The highest BCUT2D eigenvalue weighted by molar-refractivity contribution is 6.01. The number of amides is 2. The van der Waals surface area contributed by atoms with Crippen molar-refractivity contribution in [3.63, 3.8) is 0 Å². The molecule has 1 aromatic rings. The van der Waals surface area contributed by atoms with Gasteiger partial charge in [-0.3, -0.25) is 9.59 Å². The number of Topliss-reactive ketones (excluding diaryl/α,β-unsaturated/α-hetero) is 1. The third-order valence-corrected chi connectivity index (χ3v) is 6.17. The molecule has 9 nitrogen and oxygen atoms in total. The van der Waals surface area contributed by atoms with Crippen LogP contribution in [-0.2, 0) is 19.1 Å². The first-order chi connectivity index (χ1) is 16.0. The number of carbonyl (C=O) groups excluding carboxylic acids is 3. The van der Waals surface area contributed by atoms with Gasteiger partial charge in [0, 0.05) is 45.0 Å². The van der Waals surface area contributed by atoms with E-state index in [4.69, 9.17) is 19.0 Å². The molecule has 2 fully saturated rings. The molecule has 2 amide bonds. The van der Waals surface area contributed by atoms with Crippen molar-refractivity contribution in [3.8, 4) is 5.75 Å². The molecule has 0 aliphatic carbocycles. The molecule has 33 heavy (non-hydrogen) atoms. The molecular weight excluding hydrogens is 428 g/mol. The summed E-state index contributed by atoms with van der Waals surface area (Å²) in [6.45, 7) is 3.69. The molecule has 2 saturated heterocycles. The normalized spacial score (nSPS) is 22.0. The van der Waals surface area contributed by atoms with E-state index in [9.17, 15) is 14.4 Å². The number of carbonyl (C=O) groups is 3. The number of likely N-dealkylation sites (tertiary alicyclic amines) is 1. The molecule has 1 unspecified atom stereocenters. The summed E-state index contributed by atoms with van der Waals surface area (Å²) in [5.74, 6) is 0.127. The number of hydrogen-bond donors (Lipinski definition) is 1. The summed E-state index contributed by atoms with van der Waals surface area (Å²) >= 11 is 0. The number of ketones is 1. The lowest BCUT2D eigenvalue weighted by Crippen LogP contribution is -2.52. The smallest absolute Gasteiger partial charge is 0.409 e. The minimum Gasteiger partial charge on any atom is -0.486 e. The highest BCUT2D eigenvalue weighted by atomic mass is 16.8. The van der Waals surface area contributed by atoms with Crippen LogP contribution in [-0.4, -0.2) is 60.9 Å². The van der Waals surface area contributed by atoms with Gasteiger partial charge in [-0.25, -0.2) is 15.1 Å². The van der Waals surface area contributed by atoms with E-state index in [0.717, 1.165) is 24.8 Å². The number of nitrogens with one attached hydrogen (secondary N) is 1. The minimum atomic E-state index is -0.624. The fraction of sp³-hybridized carbons (Fsp3) is 0.542. The van der Waals surface area contributed by atoms with Gasteiger partial charge in [0.15, 0.2) is 12.1 Å². The van der Waals surface area contributed by atoms with E-state index < -0.39 is 17.8 Å². The molecule has 3 aliphatic heterocycles. The van der Waals surface area contributed by atoms with E-state index in [0.29, 0.717) is 50.5 Å². The lowest BCUT2D eigenvalue weighted by molar-refractivity contribution is -0.198. The predicted molar refractivity (Wildman–Crippen MR) is 118 cm³/mol. The highest BCUT2D eigenvalue weighted by Crippen LogP contribution is 2.40. The zero-order valence-corrected chi connectivity index (χ0v) is 18.8. The standard InChI is InChI=1S/C24H30N2O7/c1-2-30-23(29)26-12-10-24(11-13-26)16-19(27)18-8-6-17(15-20(18)32-24)7-9-21(28)25-33-22-5-3-4-14-31-22/h6-9,15,22H,2-5,10-14,16H2,1H3,(H,25,28)/b9-7+. The molecule has 1 spiro atoms.